The molecule has 2 aliphatic rings. The van der Waals surface area contributed by atoms with Gasteiger partial charge in [0.15, 0.2) is 15.7 Å². The highest BCUT2D eigenvalue weighted by atomic mass is 32.2. The molecule has 2 aromatic rings. The van der Waals surface area contributed by atoms with Crippen LogP contribution < -0.4 is 4.90 Å². The summed E-state index contributed by atoms with van der Waals surface area (Å²) in [6.07, 6.45) is 8.55. The molecule has 2 aromatic heterocycles. The second-order valence-electron chi connectivity index (χ2n) is 7.66. The number of rotatable bonds is 6. The normalized spacial score (nSPS) is 21.7. The van der Waals surface area contributed by atoms with Crippen molar-refractivity contribution >= 4 is 27.7 Å². The summed E-state index contributed by atoms with van der Waals surface area (Å²) in [5.74, 6) is 1.90. The van der Waals surface area contributed by atoms with Gasteiger partial charge in [0.05, 0.1) is 24.3 Å². The molecule has 1 amide bonds. The molecule has 2 aliphatic heterocycles. The average molecular weight is 419 g/mol. The zero-order chi connectivity index (χ0) is 20.3. The van der Waals surface area contributed by atoms with Crippen LogP contribution in [0.1, 0.15) is 37.2 Å². The molecule has 29 heavy (non-hydrogen) atoms. The van der Waals surface area contributed by atoms with E-state index in [0.29, 0.717) is 17.9 Å². The third-order valence-corrected chi connectivity index (χ3v) is 7.26. The van der Waals surface area contributed by atoms with Crippen molar-refractivity contribution in [3.05, 3.63) is 48.1 Å². The predicted octanol–water partition coefficient (Wildman–Crippen LogP) is 3.09. The maximum atomic E-state index is 12.9. The molecule has 7 nitrogen and oxygen atoms in total. The highest BCUT2D eigenvalue weighted by molar-refractivity contribution is 7.91. The lowest BCUT2D eigenvalue weighted by Crippen LogP contribution is -2.39. The SMILES string of the molecule is O=C(/C=C/c1ccco1)N(Cc1ccc(N2CCCCC2)o1)C1CCS(=O)(=O)C1. The Balaban J connectivity index is 1.50. The summed E-state index contributed by atoms with van der Waals surface area (Å²) in [7, 11) is -3.11. The molecule has 0 N–H and O–H groups in total. The minimum Gasteiger partial charge on any atom is -0.465 e. The Morgan fingerprint density at radius 3 is 2.72 bits per heavy atom. The van der Waals surface area contributed by atoms with Crippen LogP contribution in [0.5, 0.6) is 0 Å². The Bertz CT molecular complexity index is 955. The van der Waals surface area contributed by atoms with Gasteiger partial charge in [0, 0.05) is 31.3 Å². The second-order valence-corrected chi connectivity index (χ2v) is 9.89. The summed E-state index contributed by atoms with van der Waals surface area (Å²) in [4.78, 5) is 16.7. The molecular weight excluding hydrogens is 392 g/mol. The first-order chi connectivity index (χ1) is 14.0. The molecule has 0 saturated carbocycles. The number of anilines is 1. The maximum absolute atomic E-state index is 12.9. The Hall–Kier alpha value is -2.48. The Morgan fingerprint density at radius 2 is 2.03 bits per heavy atom. The average Bonchev–Trinajstić information content (AvgIpc) is 3.46. The van der Waals surface area contributed by atoms with Crippen molar-refractivity contribution in [2.24, 2.45) is 0 Å². The first-order valence-electron chi connectivity index (χ1n) is 10.1. The molecule has 8 heteroatoms. The monoisotopic (exact) mass is 418 g/mol. The highest BCUT2D eigenvalue weighted by Crippen LogP contribution is 2.26. The summed E-state index contributed by atoms with van der Waals surface area (Å²) < 4.78 is 35.2. The van der Waals surface area contributed by atoms with Crippen LogP contribution in [0.2, 0.25) is 0 Å². The topological polar surface area (TPSA) is 84.0 Å². The Kier molecular flexibility index (Phi) is 5.80. The molecule has 4 rings (SSSR count). The van der Waals surface area contributed by atoms with Crippen molar-refractivity contribution in [3.8, 4) is 0 Å². The molecule has 2 fully saturated rings. The molecular formula is C21H26N2O5S. The van der Waals surface area contributed by atoms with E-state index in [4.69, 9.17) is 8.83 Å². The molecule has 4 heterocycles. The van der Waals surface area contributed by atoms with Gasteiger partial charge in [0.2, 0.25) is 5.91 Å². The van der Waals surface area contributed by atoms with Gasteiger partial charge in [-0.2, -0.15) is 0 Å². The first kappa shape index (κ1) is 19.8. The van der Waals surface area contributed by atoms with Gasteiger partial charge in [-0.15, -0.1) is 0 Å². The van der Waals surface area contributed by atoms with Crippen molar-refractivity contribution in [2.75, 3.05) is 29.5 Å². The quantitative estimate of drug-likeness (QED) is 0.671. The van der Waals surface area contributed by atoms with Gasteiger partial charge in [0.25, 0.3) is 0 Å². The van der Waals surface area contributed by atoms with E-state index < -0.39 is 9.84 Å². The molecule has 0 radical (unpaired) electrons. The maximum Gasteiger partial charge on any atom is 0.247 e. The Morgan fingerprint density at radius 1 is 1.21 bits per heavy atom. The van der Waals surface area contributed by atoms with E-state index in [9.17, 15) is 13.2 Å². The van der Waals surface area contributed by atoms with Gasteiger partial charge < -0.3 is 18.6 Å². The van der Waals surface area contributed by atoms with E-state index in [1.54, 1.807) is 23.1 Å². The van der Waals surface area contributed by atoms with Crippen molar-refractivity contribution < 1.29 is 22.0 Å². The number of hydrogen-bond acceptors (Lipinski definition) is 6. The number of nitrogens with zero attached hydrogens (tertiary/aromatic N) is 2. The molecule has 156 valence electrons. The minimum absolute atomic E-state index is 0.00692. The van der Waals surface area contributed by atoms with E-state index in [2.05, 4.69) is 4.90 Å². The van der Waals surface area contributed by atoms with Crippen LogP contribution in [-0.2, 0) is 21.2 Å². The van der Waals surface area contributed by atoms with Crippen molar-refractivity contribution in [1.82, 2.24) is 4.90 Å². The van der Waals surface area contributed by atoms with Crippen LogP contribution in [0.15, 0.2) is 45.4 Å². The Labute approximate surface area is 170 Å². The summed E-state index contributed by atoms with van der Waals surface area (Å²) in [6, 6.07) is 6.97. The lowest BCUT2D eigenvalue weighted by Gasteiger charge is -2.27. The van der Waals surface area contributed by atoms with Gasteiger partial charge in [-0.1, -0.05) is 0 Å². The molecule has 0 spiro atoms. The number of carbonyl (C=O) groups excluding carboxylic acids is 1. The molecule has 0 bridgehead atoms. The molecule has 0 aliphatic carbocycles. The molecule has 1 atom stereocenters. The number of furan rings is 2. The van der Waals surface area contributed by atoms with Gasteiger partial charge in [-0.05, 0) is 50.0 Å². The van der Waals surface area contributed by atoms with Crippen LogP contribution in [-0.4, -0.2) is 49.9 Å². The van der Waals surface area contributed by atoms with Gasteiger partial charge in [-0.25, -0.2) is 8.42 Å². The summed E-state index contributed by atoms with van der Waals surface area (Å²) >= 11 is 0. The summed E-state index contributed by atoms with van der Waals surface area (Å²) in [5.41, 5.74) is 0. The van der Waals surface area contributed by atoms with E-state index in [0.717, 1.165) is 31.8 Å². The van der Waals surface area contributed by atoms with Gasteiger partial charge in [-0.3, -0.25) is 4.79 Å². The zero-order valence-corrected chi connectivity index (χ0v) is 17.1. The molecule has 1 unspecified atom stereocenters. The first-order valence-corrected chi connectivity index (χ1v) is 11.9. The second kappa shape index (κ2) is 8.49. The lowest BCUT2D eigenvalue weighted by molar-refractivity contribution is -0.128. The van der Waals surface area contributed by atoms with E-state index >= 15 is 0 Å². The molecule has 0 aromatic carbocycles. The van der Waals surface area contributed by atoms with E-state index in [1.165, 1.54) is 18.8 Å². The van der Waals surface area contributed by atoms with Crippen molar-refractivity contribution in [2.45, 2.75) is 38.3 Å². The smallest absolute Gasteiger partial charge is 0.247 e. The van der Waals surface area contributed by atoms with Crippen molar-refractivity contribution in [3.63, 3.8) is 0 Å². The summed E-state index contributed by atoms with van der Waals surface area (Å²) in [5, 5.41) is 0. The fourth-order valence-corrected chi connectivity index (χ4v) is 5.68. The summed E-state index contributed by atoms with van der Waals surface area (Å²) in [6.45, 7) is 2.19. The fraction of sp³-hybridized carbons (Fsp3) is 0.476. The van der Waals surface area contributed by atoms with Crippen molar-refractivity contribution in [1.29, 1.82) is 0 Å². The number of amides is 1. The largest absolute Gasteiger partial charge is 0.465 e. The third-order valence-electron chi connectivity index (χ3n) is 5.51. The number of sulfone groups is 1. The standard InChI is InChI=1S/C21H26N2O5S/c24-20(8-6-18-5-4-13-27-18)23(17-10-14-29(25,26)16-17)15-19-7-9-21(28-19)22-11-2-1-3-12-22/h4-9,13,17H,1-3,10-12,14-16H2/b8-6+. The van der Waals surface area contributed by atoms with Gasteiger partial charge >= 0.3 is 0 Å². The molecule has 2 saturated heterocycles. The lowest BCUT2D eigenvalue weighted by atomic mass is 10.1. The third kappa shape index (κ3) is 4.93. The fourth-order valence-electron chi connectivity index (χ4n) is 3.95. The minimum atomic E-state index is -3.11. The number of piperidine rings is 1. The van der Waals surface area contributed by atoms with Gasteiger partial charge in [0.1, 0.15) is 11.5 Å². The predicted molar refractivity (Wildman–Crippen MR) is 110 cm³/mol. The van der Waals surface area contributed by atoms with E-state index in [-0.39, 0.29) is 30.0 Å². The number of hydrogen-bond donors (Lipinski definition) is 0. The van der Waals surface area contributed by atoms with Crippen LogP contribution in [0.3, 0.4) is 0 Å². The highest BCUT2D eigenvalue weighted by Gasteiger charge is 2.34. The number of carbonyl (C=O) groups is 1. The van der Waals surface area contributed by atoms with Crippen LogP contribution in [0.25, 0.3) is 6.08 Å². The van der Waals surface area contributed by atoms with Crippen LogP contribution >= 0.6 is 0 Å². The zero-order valence-electron chi connectivity index (χ0n) is 16.3. The van der Waals surface area contributed by atoms with Crippen LogP contribution in [0.4, 0.5) is 5.88 Å². The van der Waals surface area contributed by atoms with Crippen LogP contribution in [0, 0.1) is 0 Å². The van der Waals surface area contributed by atoms with E-state index in [1.807, 2.05) is 12.1 Å².